The minimum Gasteiger partial charge on any atom is -0.497 e. The SMILES string of the molecule is COc1ccc(/C(N)=N\OC(=O)c2ccc(C)cc2)cc1. The van der Waals surface area contributed by atoms with Crippen LogP contribution in [0.3, 0.4) is 0 Å². The lowest BCUT2D eigenvalue weighted by Gasteiger charge is -2.03. The molecule has 2 aromatic carbocycles. The molecule has 0 saturated carbocycles. The van der Waals surface area contributed by atoms with Crippen molar-refractivity contribution in [1.29, 1.82) is 0 Å². The Morgan fingerprint density at radius 3 is 2.14 bits per heavy atom. The van der Waals surface area contributed by atoms with Gasteiger partial charge in [0.15, 0.2) is 5.84 Å². The fraction of sp³-hybridized carbons (Fsp3) is 0.125. The van der Waals surface area contributed by atoms with E-state index < -0.39 is 5.97 Å². The zero-order valence-corrected chi connectivity index (χ0v) is 11.9. The number of aryl methyl sites for hydroxylation is 1. The topological polar surface area (TPSA) is 73.9 Å². The molecule has 2 rings (SSSR count). The van der Waals surface area contributed by atoms with Gasteiger partial charge in [0, 0.05) is 5.56 Å². The van der Waals surface area contributed by atoms with Crippen molar-refractivity contribution in [3.63, 3.8) is 0 Å². The first kappa shape index (κ1) is 14.6. The van der Waals surface area contributed by atoms with Crippen molar-refractivity contribution in [3.05, 3.63) is 65.2 Å². The molecule has 0 unspecified atom stereocenters. The molecule has 5 heteroatoms. The molecule has 0 spiro atoms. The summed E-state index contributed by atoms with van der Waals surface area (Å²) in [6.45, 7) is 1.94. The van der Waals surface area contributed by atoms with Crippen LogP contribution in [0.25, 0.3) is 0 Å². The van der Waals surface area contributed by atoms with Crippen molar-refractivity contribution < 1.29 is 14.4 Å². The van der Waals surface area contributed by atoms with Crippen LogP contribution in [0.15, 0.2) is 53.7 Å². The maximum absolute atomic E-state index is 11.8. The molecule has 0 heterocycles. The van der Waals surface area contributed by atoms with Gasteiger partial charge in [0.05, 0.1) is 12.7 Å². The molecule has 0 aliphatic heterocycles. The molecule has 0 atom stereocenters. The van der Waals surface area contributed by atoms with E-state index in [9.17, 15) is 4.79 Å². The molecule has 0 saturated heterocycles. The molecule has 2 N–H and O–H groups in total. The molecule has 0 fully saturated rings. The molecule has 5 nitrogen and oxygen atoms in total. The van der Waals surface area contributed by atoms with Crippen LogP contribution in [0, 0.1) is 6.92 Å². The van der Waals surface area contributed by atoms with E-state index in [1.165, 1.54) is 0 Å². The lowest BCUT2D eigenvalue weighted by atomic mass is 10.2. The van der Waals surface area contributed by atoms with Gasteiger partial charge < -0.3 is 15.3 Å². The standard InChI is InChI=1S/C16H16N2O3/c1-11-3-5-13(6-4-11)16(19)21-18-15(17)12-7-9-14(20-2)10-8-12/h3-10H,1-2H3,(H2,17,18). The third-order valence-electron chi connectivity index (χ3n) is 2.90. The van der Waals surface area contributed by atoms with Crippen LogP contribution in [-0.2, 0) is 4.84 Å². The Hall–Kier alpha value is -2.82. The fourth-order valence-electron chi connectivity index (χ4n) is 1.65. The van der Waals surface area contributed by atoms with Crippen molar-refractivity contribution in [1.82, 2.24) is 0 Å². The number of hydrogen-bond donors (Lipinski definition) is 1. The Morgan fingerprint density at radius 2 is 1.57 bits per heavy atom. The molecule has 0 amide bonds. The summed E-state index contributed by atoms with van der Waals surface area (Å²) in [5.41, 5.74) is 7.90. The lowest BCUT2D eigenvalue weighted by Crippen LogP contribution is -2.15. The summed E-state index contributed by atoms with van der Waals surface area (Å²) in [6.07, 6.45) is 0. The largest absolute Gasteiger partial charge is 0.497 e. The summed E-state index contributed by atoms with van der Waals surface area (Å²) in [6, 6.07) is 14.0. The Labute approximate surface area is 123 Å². The Morgan fingerprint density at radius 1 is 1.00 bits per heavy atom. The molecule has 0 radical (unpaired) electrons. The van der Waals surface area contributed by atoms with Crippen LogP contribution < -0.4 is 10.5 Å². The van der Waals surface area contributed by atoms with Crippen LogP contribution >= 0.6 is 0 Å². The summed E-state index contributed by atoms with van der Waals surface area (Å²) in [5, 5.41) is 3.65. The second-order valence-corrected chi connectivity index (χ2v) is 4.45. The number of nitrogens with zero attached hydrogens (tertiary/aromatic N) is 1. The average molecular weight is 284 g/mol. The second kappa shape index (κ2) is 6.56. The van der Waals surface area contributed by atoms with E-state index in [2.05, 4.69) is 5.16 Å². The van der Waals surface area contributed by atoms with E-state index in [0.29, 0.717) is 16.9 Å². The van der Waals surface area contributed by atoms with Crippen molar-refractivity contribution >= 4 is 11.8 Å². The predicted octanol–water partition coefficient (Wildman–Crippen LogP) is 2.48. The molecule has 2 aromatic rings. The zero-order chi connectivity index (χ0) is 15.2. The first-order valence-electron chi connectivity index (χ1n) is 6.36. The second-order valence-electron chi connectivity index (χ2n) is 4.45. The van der Waals surface area contributed by atoms with Gasteiger partial charge in [-0.2, -0.15) is 0 Å². The number of rotatable bonds is 4. The summed E-state index contributed by atoms with van der Waals surface area (Å²) in [4.78, 5) is 16.6. The van der Waals surface area contributed by atoms with Gasteiger partial charge in [0.2, 0.25) is 0 Å². The van der Waals surface area contributed by atoms with E-state index in [-0.39, 0.29) is 5.84 Å². The van der Waals surface area contributed by atoms with Crippen molar-refractivity contribution in [2.75, 3.05) is 7.11 Å². The Kier molecular flexibility index (Phi) is 4.56. The van der Waals surface area contributed by atoms with Crippen LogP contribution in [-0.4, -0.2) is 18.9 Å². The number of ether oxygens (including phenoxy) is 1. The van der Waals surface area contributed by atoms with Crippen molar-refractivity contribution in [2.24, 2.45) is 10.9 Å². The van der Waals surface area contributed by atoms with Gasteiger partial charge in [-0.1, -0.05) is 22.9 Å². The number of methoxy groups -OCH3 is 1. The number of nitrogens with two attached hydrogens (primary N) is 1. The number of carbonyl (C=O) groups excluding carboxylic acids is 1. The smallest absolute Gasteiger partial charge is 0.365 e. The summed E-state index contributed by atoms with van der Waals surface area (Å²) in [7, 11) is 1.58. The van der Waals surface area contributed by atoms with E-state index in [0.717, 1.165) is 5.56 Å². The van der Waals surface area contributed by atoms with E-state index in [1.807, 2.05) is 19.1 Å². The van der Waals surface area contributed by atoms with E-state index >= 15 is 0 Å². The summed E-state index contributed by atoms with van der Waals surface area (Å²) < 4.78 is 5.05. The van der Waals surface area contributed by atoms with Crippen LogP contribution in [0.1, 0.15) is 21.5 Å². The van der Waals surface area contributed by atoms with Gasteiger partial charge in [-0.3, -0.25) is 0 Å². The third-order valence-corrected chi connectivity index (χ3v) is 2.90. The van der Waals surface area contributed by atoms with Crippen LogP contribution in [0.2, 0.25) is 0 Å². The molecule has 21 heavy (non-hydrogen) atoms. The number of hydrogen-bond acceptors (Lipinski definition) is 4. The molecule has 0 aliphatic rings. The summed E-state index contributed by atoms with van der Waals surface area (Å²) >= 11 is 0. The molecule has 0 aromatic heterocycles. The van der Waals surface area contributed by atoms with Crippen LogP contribution in [0.4, 0.5) is 0 Å². The molecule has 0 bridgehead atoms. The highest BCUT2D eigenvalue weighted by atomic mass is 16.7. The van der Waals surface area contributed by atoms with Crippen molar-refractivity contribution in [2.45, 2.75) is 6.92 Å². The number of oxime groups is 1. The highest BCUT2D eigenvalue weighted by Crippen LogP contribution is 2.11. The van der Waals surface area contributed by atoms with E-state index in [4.69, 9.17) is 15.3 Å². The minimum absolute atomic E-state index is 0.123. The highest BCUT2D eigenvalue weighted by molar-refractivity contribution is 5.98. The third kappa shape index (κ3) is 3.82. The van der Waals surface area contributed by atoms with Gasteiger partial charge in [0.1, 0.15) is 5.75 Å². The summed E-state index contributed by atoms with van der Waals surface area (Å²) in [5.74, 6) is 0.285. The van der Waals surface area contributed by atoms with Crippen molar-refractivity contribution in [3.8, 4) is 5.75 Å². The minimum atomic E-state index is -0.550. The monoisotopic (exact) mass is 284 g/mol. The Bertz CT molecular complexity index is 646. The van der Waals surface area contributed by atoms with E-state index in [1.54, 1.807) is 43.5 Å². The first-order valence-corrected chi connectivity index (χ1v) is 6.36. The molecule has 0 aliphatic carbocycles. The van der Waals surface area contributed by atoms with Crippen LogP contribution in [0.5, 0.6) is 5.75 Å². The van der Waals surface area contributed by atoms with Gasteiger partial charge in [0.25, 0.3) is 0 Å². The number of benzene rings is 2. The molecular weight excluding hydrogens is 268 g/mol. The van der Waals surface area contributed by atoms with Gasteiger partial charge in [-0.15, -0.1) is 0 Å². The lowest BCUT2D eigenvalue weighted by molar-refractivity contribution is 0.0516. The molecular formula is C16H16N2O3. The van der Waals surface area contributed by atoms with Gasteiger partial charge in [-0.05, 0) is 43.3 Å². The number of amidine groups is 1. The molecule has 108 valence electrons. The van der Waals surface area contributed by atoms with Gasteiger partial charge in [-0.25, -0.2) is 4.79 Å². The predicted molar refractivity (Wildman–Crippen MR) is 80.3 cm³/mol. The van der Waals surface area contributed by atoms with Gasteiger partial charge >= 0.3 is 5.97 Å². The Balaban J connectivity index is 2.05. The quantitative estimate of drug-likeness (QED) is 0.405. The average Bonchev–Trinajstić information content (AvgIpc) is 2.53. The first-order chi connectivity index (χ1) is 10.1. The fourth-order valence-corrected chi connectivity index (χ4v) is 1.65. The zero-order valence-electron chi connectivity index (χ0n) is 11.9. The highest BCUT2D eigenvalue weighted by Gasteiger charge is 2.07. The number of carbonyl (C=O) groups is 1. The normalized spacial score (nSPS) is 11.0. The maximum Gasteiger partial charge on any atom is 0.365 e. The maximum atomic E-state index is 11.8.